The highest BCUT2D eigenvalue weighted by Crippen LogP contribution is 2.29. The van der Waals surface area contributed by atoms with E-state index in [0.29, 0.717) is 12.3 Å². The van der Waals surface area contributed by atoms with Gasteiger partial charge in [-0.1, -0.05) is 45.0 Å². The van der Waals surface area contributed by atoms with Crippen LogP contribution in [0.15, 0.2) is 24.3 Å². The van der Waals surface area contributed by atoms with Crippen molar-refractivity contribution in [1.29, 1.82) is 0 Å². The summed E-state index contributed by atoms with van der Waals surface area (Å²) in [6, 6.07) is 7.76. The molecule has 0 amide bonds. The molecule has 16 heavy (non-hydrogen) atoms. The minimum absolute atomic E-state index is 0.0502. The van der Waals surface area contributed by atoms with E-state index in [4.69, 9.17) is 5.73 Å². The summed E-state index contributed by atoms with van der Waals surface area (Å²) in [4.78, 5) is 0. The van der Waals surface area contributed by atoms with Crippen LogP contribution in [0, 0.1) is 5.92 Å². The van der Waals surface area contributed by atoms with Crippen molar-refractivity contribution < 1.29 is 4.39 Å². The lowest BCUT2D eigenvalue weighted by Crippen LogP contribution is -2.29. The van der Waals surface area contributed by atoms with Crippen molar-refractivity contribution >= 4 is 0 Å². The zero-order chi connectivity index (χ0) is 12.2. The monoisotopic (exact) mass is 223 g/mol. The van der Waals surface area contributed by atoms with E-state index in [0.717, 1.165) is 12.0 Å². The fourth-order valence-corrected chi connectivity index (χ4v) is 1.91. The molecule has 0 aliphatic heterocycles. The summed E-state index contributed by atoms with van der Waals surface area (Å²) in [5, 5.41) is 0. The van der Waals surface area contributed by atoms with E-state index in [1.54, 1.807) is 0 Å². The van der Waals surface area contributed by atoms with E-state index in [9.17, 15) is 4.39 Å². The first-order valence-electron chi connectivity index (χ1n) is 6.00. The molecule has 1 nitrogen and oxygen atoms in total. The number of rotatable bonds is 5. The number of hydrogen-bond donors (Lipinski definition) is 1. The molecule has 0 fully saturated rings. The van der Waals surface area contributed by atoms with Crippen LogP contribution in [0.25, 0.3) is 0 Å². The fourth-order valence-electron chi connectivity index (χ4n) is 1.91. The van der Waals surface area contributed by atoms with Crippen LogP contribution in [0.5, 0.6) is 0 Å². The molecule has 1 atom stereocenters. The molecule has 0 spiro atoms. The largest absolute Gasteiger partial charge is 0.327 e. The summed E-state index contributed by atoms with van der Waals surface area (Å²) >= 11 is 0. The van der Waals surface area contributed by atoms with Gasteiger partial charge in [-0.25, -0.2) is 4.39 Å². The highest BCUT2D eigenvalue weighted by atomic mass is 19.1. The van der Waals surface area contributed by atoms with Gasteiger partial charge in [0, 0.05) is 6.54 Å². The summed E-state index contributed by atoms with van der Waals surface area (Å²) in [6.07, 6.45) is 1.41. The molecule has 0 saturated carbocycles. The lowest BCUT2D eigenvalue weighted by molar-refractivity contribution is 0.169. The molecule has 1 unspecified atom stereocenters. The maximum absolute atomic E-state index is 14.4. The van der Waals surface area contributed by atoms with Gasteiger partial charge in [0.25, 0.3) is 0 Å². The Kier molecular flexibility index (Phi) is 4.48. The number of hydrogen-bond acceptors (Lipinski definition) is 1. The molecule has 0 heterocycles. The normalized spacial score (nSPS) is 15.1. The highest BCUT2D eigenvalue weighted by molar-refractivity contribution is 5.29. The predicted molar refractivity (Wildman–Crippen MR) is 67.1 cm³/mol. The standard InChI is InChI=1S/C14H22FN/c1-4-14(15,10-16)13-7-5-6-12(9-13)8-11(2)3/h5-7,9,11H,4,8,10,16H2,1-3H3. The summed E-state index contributed by atoms with van der Waals surface area (Å²) in [5.41, 5.74) is 6.07. The molecule has 0 radical (unpaired) electrons. The number of nitrogens with two attached hydrogens (primary N) is 1. The molecule has 0 aliphatic carbocycles. The molecule has 2 heteroatoms. The Morgan fingerprint density at radius 3 is 2.56 bits per heavy atom. The Balaban J connectivity index is 2.97. The van der Waals surface area contributed by atoms with Gasteiger partial charge in [-0.2, -0.15) is 0 Å². The molecule has 0 aromatic heterocycles. The second kappa shape index (κ2) is 5.44. The SMILES string of the molecule is CCC(F)(CN)c1cccc(CC(C)C)c1. The van der Waals surface area contributed by atoms with Gasteiger partial charge < -0.3 is 5.73 Å². The van der Waals surface area contributed by atoms with Crippen LogP contribution >= 0.6 is 0 Å². The van der Waals surface area contributed by atoms with Crippen LogP contribution in [-0.2, 0) is 12.1 Å². The van der Waals surface area contributed by atoms with Crippen LogP contribution in [0.2, 0.25) is 0 Å². The van der Waals surface area contributed by atoms with Crippen LogP contribution in [0.1, 0.15) is 38.3 Å². The summed E-state index contributed by atoms with van der Waals surface area (Å²) < 4.78 is 14.4. The molecule has 1 rings (SSSR count). The molecule has 0 saturated heterocycles. The predicted octanol–water partition coefficient (Wildman–Crippen LogP) is 3.42. The summed E-state index contributed by atoms with van der Waals surface area (Å²) in [5.74, 6) is 0.587. The van der Waals surface area contributed by atoms with Gasteiger partial charge in [0.2, 0.25) is 0 Å². The molecule has 0 bridgehead atoms. The number of halogens is 1. The molecular weight excluding hydrogens is 201 g/mol. The Morgan fingerprint density at radius 1 is 1.38 bits per heavy atom. The van der Waals surface area contributed by atoms with Gasteiger partial charge in [-0.05, 0) is 29.9 Å². The van der Waals surface area contributed by atoms with Crippen molar-refractivity contribution in [1.82, 2.24) is 0 Å². The lowest BCUT2D eigenvalue weighted by atomic mass is 9.90. The number of alkyl halides is 1. The van der Waals surface area contributed by atoms with E-state index in [1.807, 2.05) is 25.1 Å². The van der Waals surface area contributed by atoms with Crippen molar-refractivity contribution in [2.45, 2.75) is 39.3 Å². The second-order valence-electron chi connectivity index (χ2n) is 4.82. The third-order valence-electron chi connectivity index (χ3n) is 2.97. The van der Waals surface area contributed by atoms with Gasteiger partial charge in [0.15, 0.2) is 0 Å². The van der Waals surface area contributed by atoms with Crippen molar-refractivity contribution in [3.63, 3.8) is 0 Å². The molecule has 90 valence electrons. The van der Waals surface area contributed by atoms with Crippen molar-refractivity contribution in [3.8, 4) is 0 Å². The second-order valence-corrected chi connectivity index (χ2v) is 4.82. The topological polar surface area (TPSA) is 26.0 Å². The van der Waals surface area contributed by atoms with Crippen LogP contribution in [0.4, 0.5) is 4.39 Å². The van der Waals surface area contributed by atoms with E-state index < -0.39 is 5.67 Å². The van der Waals surface area contributed by atoms with Crippen LogP contribution < -0.4 is 5.73 Å². The average Bonchev–Trinajstić information content (AvgIpc) is 2.27. The Bertz CT molecular complexity index is 329. The molecule has 1 aromatic rings. The number of benzene rings is 1. The first-order valence-corrected chi connectivity index (χ1v) is 6.00. The zero-order valence-electron chi connectivity index (χ0n) is 10.5. The first-order chi connectivity index (χ1) is 7.51. The van der Waals surface area contributed by atoms with E-state index in [-0.39, 0.29) is 6.54 Å². The average molecular weight is 223 g/mol. The molecular formula is C14H22FN. The van der Waals surface area contributed by atoms with Gasteiger partial charge >= 0.3 is 0 Å². The van der Waals surface area contributed by atoms with Crippen molar-refractivity contribution in [2.24, 2.45) is 11.7 Å². The fraction of sp³-hybridized carbons (Fsp3) is 0.571. The van der Waals surface area contributed by atoms with E-state index in [2.05, 4.69) is 19.9 Å². The maximum Gasteiger partial charge on any atom is 0.147 e. The summed E-state index contributed by atoms with van der Waals surface area (Å²) in [7, 11) is 0. The van der Waals surface area contributed by atoms with Gasteiger partial charge in [-0.3, -0.25) is 0 Å². The Morgan fingerprint density at radius 2 is 2.06 bits per heavy atom. The Labute approximate surface area is 97.9 Å². The third kappa shape index (κ3) is 3.05. The third-order valence-corrected chi connectivity index (χ3v) is 2.97. The Hall–Kier alpha value is -0.890. The quantitative estimate of drug-likeness (QED) is 0.813. The summed E-state index contributed by atoms with van der Waals surface area (Å²) in [6.45, 7) is 6.22. The van der Waals surface area contributed by atoms with Crippen LogP contribution in [-0.4, -0.2) is 6.54 Å². The molecule has 2 N–H and O–H groups in total. The highest BCUT2D eigenvalue weighted by Gasteiger charge is 2.28. The van der Waals surface area contributed by atoms with Gasteiger partial charge in [0.05, 0.1) is 0 Å². The minimum Gasteiger partial charge on any atom is -0.327 e. The van der Waals surface area contributed by atoms with Gasteiger partial charge in [-0.15, -0.1) is 0 Å². The maximum atomic E-state index is 14.4. The van der Waals surface area contributed by atoms with E-state index >= 15 is 0 Å². The lowest BCUT2D eigenvalue weighted by Gasteiger charge is -2.23. The zero-order valence-corrected chi connectivity index (χ0v) is 10.5. The smallest absolute Gasteiger partial charge is 0.147 e. The molecule has 0 aliphatic rings. The van der Waals surface area contributed by atoms with Crippen molar-refractivity contribution in [3.05, 3.63) is 35.4 Å². The van der Waals surface area contributed by atoms with E-state index in [1.165, 1.54) is 5.56 Å². The van der Waals surface area contributed by atoms with Crippen molar-refractivity contribution in [2.75, 3.05) is 6.54 Å². The first kappa shape index (κ1) is 13.2. The minimum atomic E-state index is -1.37. The van der Waals surface area contributed by atoms with Crippen LogP contribution in [0.3, 0.4) is 0 Å². The van der Waals surface area contributed by atoms with Gasteiger partial charge in [0.1, 0.15) is 5.67 Å². The molecule has 1 aromatic carbocycles.